The summed E-state index contributed by atoms with van der Waals surface area (Å²) in [5.41, 5.74) is 1.23. The fourth-order valence-electron chi connectivity index (χ4n) is 2.82. The van der Waals surface area contributed by atoms with E-state index in [9.17, 15) is 0 Å². The molecule has 0 bridgehead atoms. The molecule has 0 aliphatic heterocycles. The van der Waals surface area contributed by atoms with Crippen molar-refractivity contribution < 1.29 is 4.74 Å². The largest absolute Gasteiger partial charge is 0.497 e. The lowest BCUT2D eigenvalue weighted by atomic mass is 10.1. The van der Waals surface area contributed by atoms with Gasteiger partial charge in [-0.05, 0) is 47.4 Å². The van der Waals surface area contributed by atoms with Gasteiger partial charge >= 0.3 is 0 Å². The highest BCUT2D eigenvalue weighted by Gasteiger charge is 2.11. The molecule has 24 heavy (non-hydrogen) atoms. The van der Waals surface area contributed by atoms with Crippen LogP contribution >= 0.6 is 24.0 Å². The zero-order valence-electron chi connectivity index (χ0n) is 14.1. The van der Waals surface area contributed by atoms with Gasteiger partial charge < -0.3 is 15.4 Å². The van der Waals surface area contributed by atoms with Crippen molar-refractivity contribution in [1.82, 2.24) is 10.6 Å². The molecule has 0 spiro atoms. The number of rotatable bonds is 4. The van der Waals surface area contributed by atoms with Gasteiger partial charge in [-0.1, -0.05) is 30.4 Å². The summed E-state index contributed by atoms with van der Waals surface area (Å²) in [7, 11) is 3.50. The minimum absolute atomic E-state index is 0. The van der Waals surface area contributed by atoms with Gasteiger partial charge in [-0.15, -0.1) is 24.0 Å². The van der Waals surface area contributed by atoms with Gasteiger partial charge in [-0.2, -0.15) is 0 Å². The monoisotopic (exact) mass is 437 g/mol. The molecule has 0 radical (unpaired) electrons. The predicted molar refractivity (Wildman–Crippen MR) is 111 cm³/mol. The average molecular weight is 437 g/mol. The van der Waals surface area contributed by atoms with Crippen molar-refractivity contribution in [3.05, 3.63) is 54.1 Å². The number of ether oxygens (including phenoxy) is 1. The molecule has 5 heteroatoms. The van der Waals surface area contributed by atoms with Crippen molar-refractivity contribution in [2.24, 2.45) is 4.99 Å². The van der Waals surface area contributed by atoms with Crippen LogP contribution < -0.4 is 15.4 Å². The number of methoxy groups -OCH3 is 1. The van der Waals surface area contributed by atoms with Gasteiger partial charge in [0.05, 0.1) is 7.11 Å². The van der Waals surface area contributed by atoms with E-state index in [1.54, 1.807) is 7.11 Å². The highest BCUT2D eigenvalue weighted by Crippen LogP contribution is 2.21. The number of nitrogens with zero attached hydrogens (tertiary/aromatic N) is 1. The Hall–Kier alpha value is -1.76. The number of benzene rings is 2. The van der Waals surface area contributed by atoms with Crippen LogP contribution in [0.3, 0.4) is 0 Å². The van der Waals surface area contributed by atoms with E-state index >= 15 is 0 Å². The maximum absolute atomic E-state index is 5.27. The first kappa shape index (κ1) is 18.6. The molecule has 0 saturated heterocycles. The van der Waals surface area contributed by atoms with Crippen LogP contribution in [0.5, 0.6) is 5.75 Å². The minimum atomic E-state index is 0. The second-order valence-corrected chi connectivity index (χ2v) is 5.76. The number of nitrogens with one attached hydrogen (secondary N) is 2. The summed E-state index contributed by atoms with van der Waals surface area (Å²) in [6.45, 7) is 0.752. The highest BCUT2D eigenvalue weighted by molar-refractivity contribution is 14.0. The summed E-state index contributed by atoms with van der Waals surface area (Å²) in [6, 6.07) is 13.1. The molecular formula is C19H24IN3O. The third-order valence-electron chi connectivity index (χ3n) is 4.14. The quantitative estimate of drug-likeness (QED) is 0.331. The summed E-state index contributed by atoms with van der Waals surface area (Å²) in [4.78, 5) is 4.30. The Balaban J connectivity index is 0.00000208. The summed E-state index contributed by atoms with van der Waals surface area (Å²) in [6.07, 6.45) is 6.56. The SMILES string of the molecule is CN=C(NCc1ccc2cc(OC)ccc2c1)NC1CC=CC1.I. The Morgan fingerprint density at radius 2 is 1.83 bits per heavy atom. The first-order valence-corrected chi connectivity index (χ1v) is 7.97. The summed E-state index contributed by atoms with van der Waals surface area (Å²) >= 11 is 0. The highest BCUT2D eigenvalue weighted by atomic mass is 127. The van der Waals surface area contributed by atoms with E-state index in [1.807, 2.05) is 13.1 Å². The van der Waals surface area contributed by atoms with Gasteiger partial charge in [0.25, 0.3) is 0 Å². The molecule has 0 fully saturated rings. The maximum atomic E-state index is 5.27. The molecule has 128 valence electrons. The van der Waals surface area contributed by atoms with E-state index in [4.69, 9.17) is 4.74 Å². The molecule has 0 aromatic heterocycles. The van der Waals surface area contributed by atoms with Crippen LogP contribution in [0.4, 0.5) is 0 Å². The third-order valence-corrected chi connectivity index (χ3v) is 4.14. The van der Waals surface area contributed by atoms with Gasteiger partial charge in [0, 0.05) is 19.6 Å². The fourth-order valence-corrected chi connectivity index (χ4v) is 2.82. The standard InChI is InChI=1S/C19H23N3O.HI/c1-20-19(22-17-5-3-4-6-17)21-13-14-7-8-16-12-18(23-2)10-9-15(16)11-14;/h3-4,7-12,17H,5-6,13H2,1-2H3,(H2,20,21,22);1H. The summed E-state index contributed by atoms with van der Waals surface area (Å²) < 4.78 is 5.27. The van der Waals surface area contributed by atoms with Crippen LogP contribution in [-0.4, -0.2) is 26.2 Å². The van der Waals surface area contributed by atoms with Crippen LogP contribution in [0, 0.1) is 0 Å². The van der Waals surface area contributed by atoms with E-state index in [0.29, 0.717) is 6.04 Å². The second kappa shape index (κ2) is 8.92. The maximum Gasteiger partial charge on any atom is 0.191 e. The van der Waals surface area contributed by atoms with Gasteiger partial charge in [0.15, 0.2) is 5.96 Å². The van der Waals surface area contributed by atoms with Crippen molar-refractivity contribution in [1.29, 1.82) is 0 Å². The van der Waals surface area contributed by atoms with Crippen LogP contribution in [0.25, 0.3) is 10.8 Å². The smallest absolute Gasteiger partial charge is 0.191 e. The topological polar surface area (TPSA) is 45.7 Å². The molecule has 2 aromatic rings. The summed E-state index contributed by atoms with van der Waals surface area (Å²) in [5, 5.41) is 9.24. The van der Waals surface area contributed by atoms with E-state index in [-0.39, 0.29) is 24.0 Å². The van der Waals surface area contributed by atoms with Gasteiger partial charge in [-0.25, -0.2) is 0 Å². The first-order chi connectivity index (χ1) is 11.3. The minimum Gasteiger partial charge on any atom is -0.497 e. The predicted octanol–water partition coefficient (Wildman–Crippen LogP) is 3.85. The molecule has 0 amide bonds. The van der Waals surface area contributed by atoms with Crippen molar-refractivity contribution >= 4 is 40.7 Å². The van der Waals surface area contributed by atoms with Gasteiger partial charge in [0.2, 0.25) is 0 Å². The Kier molecular flexibility index (Phi) is 6.90. The molecule has 0 heterocycles. The number of halogens is 1. The van der Waals surface area contributed by atoms with Crippen LogP contribution in [-0.2, 0) is 6.54 Å². The fraction of sp³-hybridized carbons (Fsp3) is 0.316. The second-order valence-electron chi connectivity index (χ2n) is 5.76. The molecule has 1 aliphatic rings. The first-order valence-electron chi connectivity index (χ1n) is 7.97. The molecule has 2 aromatic carbocycles. The normalized spacial score (nSPS) is 14.5. The van der Waals surface area contributed by atoms with E-state index in [0.717, 1.165) is 31.1 Å². The Labute approximate surface area is 160 Å². The van der Waals surface area contributed by atoms with Crippen molar-refractivity contribution in [3.63, 3.8) is 0 Å². The van der Waals surface area contributed by atoms with Crippen molar-refractivity contribution in [2.45, 2.75) is 25.4 Å². The molecule has 3 rings (SSSR count). The zero-order valence-corrected chi connectivity index (χ0v) is 16.4. The Bertz CT molecular complexity index is 734. The van der Waals surface area contributed by atoms with Crippen LogP contribution in [0.2, 0.25) is 0 Å². The van der Waals surface area contributed by atoms with Crippen LogP contribution in [0.15, 0.2) is 53.5 Å². The number of hydrogen-bond acceptors (Lipinski definition) is 2. The molecular weight excluding hydrogens is 413 g/mol. The number of hydrogen-bond donors (Lipinski definition) is 2. The molecule has 0 unspecified atom stereocenters. The van der Waals surface area contributed by atoms with E-state index in [2.05, 4.69) is 58.1 Å². The number of guanidine groups is 1. The van der Waals surface area contributed by atoms with Crippen LogP contribution in [0.1, 0.15) is 18.4 Å². The molecule has 4 nitrogen and oxygen atoms in total. The van der Waals surface area contributed by atoms with Crippen molar-refractivity contribution in [3.8, 4) is 5.75 Å². The molecule has 0 saturated carbocycles. The number of aliphatic imine (C=N–C) groups is 1. The number of fused-ring (bicyclic) bond motifs is 1. The zero-order chi connectivity index (χ0) is 16.1. The molecule has 1 aliphatic carbocycles. The van der Waals surface area contributed by atoms with Gasteiger partial charge in [-0.3, -0.25) is 4.99 Å². The molecule has 0 atom stereocenters. The molecule has 2 N–H and O–H groups in total. The Morgan fingerprint density at radius 1 is 1.12 bits per heavy atom. The summed E-state index contributed by atoms with van der Waals surface area (Å²) in [5.74, 6) is 1.74. The van der Waals surface area contributed by atoms with Gasteiger partial charge in [0.1, 0.15) is 5.75 Å². The third kappa shape index (κ3) is 4.63. The van der Waals surface area contributed by atoms with E-state index in [1.165, 1.54) is 16.3 Å². The Morgan fingerprint density at radius 3 is 2.54 bits per heavy atom. The lowest BCUT2D eigenvalue weighted by Crippen LogP contribution is -2.42. The average Bonchev–Trinajstić information content (AvgIpc) is 3.11. The lowest BCUT2D eigenvalue weighted by molar-refractivity contribution is 0.415. The van der Waals surface area contributed by atoms with Crippen molar-refractivity contribution in [2.75, 3.05) is 14.2 Å². The lowest BCUT2D eigenvalue weighted by Gasteiger charge is -2.17. The van der Waals surface area contributed by atoms with E-state index < -0.39 is 0 Å².